The molecule has 1 saturated heterocycles. The lowest BCUT2D eigenvalue weighted by atomic mass is 10.0. The van der Waals surface area contributed by atoms with Gasteiger partial charge >= 0.3 is 0 Å². The van der Waals surface area contributed by atoms with Crippen LogP contribution in [0.5, 0.6) is 0 Å². The number of nitrogens with one attached hydrogen (secondary N) is 2. The lowest BCUT2D eigenvalue weighted by Gasteiger charge is -2.26. The Morgan fingerprint density at radius 2 is 2.16 bits per heavy atom. The fourth-order valence-corrected chi connectivity index (χ4v) is 3.03. The summed E-state index contributed by atoms with van der Waals surface area (Å²) < 4.78 is 0. The van der Waals surface area contributed by atoms with Crippen molar-refractivity contribution < 1.29 is 4.79 Å². The van der Waals surface area contributed by atoms with E-state index in [9.17, 15) is 4.79 Å². The first kappa shape index (κ1) is 14.4. The van der Waals surface area contributed by atoms with Crippen LogP contribution >= 0.6 is 11.8 Å². The highest BCUT2D eigenvalue weighted by molar-refractivity contribution is 7.99. The Bertz CT molecular complexity index is 430. The van der Waals surface area contributed by atoms with E-state index in [1.54, 1.807) is 11.8 Å². The summed E-state index contributed by atoms with van der Waals surface area (Å²) in [6.45, 7) is 6.49. The molecule has 0 aromatic heterocycles. The molecule has 0 aliphatic carbocycles. The van der Waals surface area contributed by atoms with Crippen LogP contribution in [0.25, 0.3) is 0 Å². The molecule has 3 nitrogen and oxygen atoms in total. The number of hydrogen-bond donors (Lipinski definition) is 2. The van der Waals surface area contributed by atoms with Gasteiger partial charge in [-0.1, -0.05) is 32.0 Å². The number of benzene rings is 1. The highest BCUT2D eigenvalue weighted by Crippen LogP contribution is 2.23. The minimum absolute atomic E-state index is 0.102. The van der Waals surface area contributed by atoms with E-state index < -0.39 is 0 Å². The summed E-state index contributed by atoms with van der Waals surface area (Å²) in [5.41, 5.74) is 2.15. The third-order valence-electron chi connectivity index (χ3n) is 3.31. The number of anilines is 1. The predicted octanol–water partition coefficient (Wildman–Crippen LogP) is 2.70. The van der Waals surface area contributed by atoms with E-state index in [-0.39, 0.29) is 5.91 Å². The molecule has 0 radical (unpaired) electrons. The zero-order valence-electron chi connectivity index (χ0n) is 11.6. The van der Waals surface area contributed by atoms with Crippen LogP contribution in [0.4, 0.5) is 5.69 Å². The molecule has 0 spiro atoms. The Morgan fingerprint density at radius 1 is 1.42 bits per heavy atom. The largest absolute Gasteiger partial charge is 0.325 e. The van der Waals surface area contributed by atoms with E-state index in [1.165, 1.54) is 5.56 Å². The molecule has 1 fully saturated rings. The first-order valence-electron chi connectivity index (χ1n) is 6.84. The zero-order chi connectivity index (χ0) is 13.7. The SMILES string of the molecule is CC(C)c1ccccc1NC(=O)CSCC1CNC1. The van der Waals surface area contributed by atoms with Crippen molar-refractivity contribution >= 4 is 23.4 Å². The number of amides is 1. The molecule has 2 N–H and O–H groups in total. The average Bonchev–Trinajstić information content (AvgIpc) is 2.32. The third-order valence-corrected chi connectivity index (χ3v) is 4.48. The highest BCUT2D eigenvalue weighted by Gasteiger charge is 2.17. The number of hydrogen-bond acceptors (Lipinski definition) is 3. The van der Waals surface area contributed by atoms with Gasteiger partial charge in [0, 0.05) is 5.69 Å². The van der Waals surface area contributed by atoms with Crippen molar-refractivity contribution in [3.8, 4) is 0 Å². The van der Waals surface area contributed by atoms with Crippen LogP contribution in [0.1, 0.15) is 25.3 Å². The Hall–Kier alpha value is -1.000. The van der Waals surface area contributed by atoms with Crippen LogP contribution in [0.3, 0.4) is 0 Å². The summed E-state index contributed by atoms with van der Waals surface area (Å²) in [6, 6.07) is 8.04. The van der Waals surface area contributed by atoms with Crippen molar-refractivity contribution in [2.24, 2.45) is 5.92 Å². The first-order chi connectivity index (χ1) is 9.16. The standard InChI is InChI=1S/C15H22N2OS/c1-11(2)13-5-3-4-6-14(13)17-15(18)10-19-9-12-7-16-8-12/h3-6,11-12,16H,7-10H2,1-2H3,(H,17,18). The maximum atomic E-state index is 11.9. The van der Waals surface area contributed by atoms with Crippen molar-refractivity contribution in [1.82, 2.24) is 5.32 Å². The van der Waals surface area contributed by atoms with Gasteiger partial charge < -0.3 is 10.6 Å². The average molecular weight is 278 g/mol. The van der Waals surface area contributed by atoms with Crippen molar-refractivity contribution in [3.63, 3.8) is 0 Å². The predicted molar refractivity (Wildman–Crippen MR) is 82.8 cm³/mol. The molecule has 0 atom stereocenters. The second kappa shape index (κ2) is 6.96. The van der Waals surface area contributed by atoms with E-state index in [4.69, 9.17) is 0 Å². The Kier molecular flexibility index (Phi) is 5.28. The monoisotopic (exact) mass is 278 g/mol. The molecule has 0 bridgehead atoms. The summed E-state index contributed by atoms with van der Waals surface area (Å²) in [6.07, 6.45) is 0. The molecule has 19 heavy (non-hydrogen) atoms. The van der Waals surface area contributed by atoms with Crippen molar-refractivity contribution in [3.05, 3.63) is 29.8 Å². The first-order valence-corrected chi connectivity index (χ1v) is 7.99. The third kappa shape index (κ3) is 4.25. The van der Waals surface area contributed by atoms with Gasteiger partial charge in [0.1, 0.15) is 0 Å². The summed E-state index contributed by atoms with van der Waals surface area (Å²) in [5, 5.41) is 6.27. The van der Waals surface area contributed by atoms with E-state index in [1.807, 2.05) is 18.2 Å². The van der Waals surface area contributed by atoms with Crippen LogP contribution in [-0.4, -0.2) is 30.5 Å². The molecule has 1 amide bonds. The van der Waals surface area contributed by atoms with Crippen molar-refractivity contribution in [2.75, 3.05) is 29.9 Å². The molecule has 4 heteroatoms. The smallest absolute Gasteiger partial charge is 0.234 e. The van der Waals surface area contributed by atoms with Gasteiger partial charge in [-0.05, 0) is 42.3 Å². The van der Waals surface area contributed by atoms with Gasteiger partial charge in [0.25, 0.3) is 0 Å². The number of carbonyl (C=O) groups is 1. The molecule has 1 heterocycles. The summed E-state index contributed by atoms with van der Waals surface area (Å²) >= 11 is 1.73. The summed E-state index contributed by atoms with van der Waals surface area (Å²) in [4.78, 5) is 11.9. The molecule has 1 aromatic carbocycles. The Balaban J connectivity index is 1.80. The van der Waals surface area contributed by atoms with Crippen molar-refractivity contribution in [2.45, 2.75) is 19.8 Å². The lowest BCUT2D eigenvalue weighted by Crippen LogP contribution is -2.43. The van der Waals surface area contributed by atoms with Gasteiger partial charge in [-0.2, -0.15) is 11.8 Å². The number of thioether (sulfide) groups is 1. The highest BCUT2D eigenvalue weighted by atomic mass is 32.2. The van der Waals surface area contributed by atoms with Crippen LogP contribution in [-0.2, 0) is 4.79 Å². The Morgan fingerprint density at radius 3 is 2.79 bits per heavy atom. The van der Waals surface area contributed by atoms with Crippen LogP contribution < -0.4 is 10.6 Å². The minimum Gasteiger partial charge on any atom is -0.325 e. The zero-order valence-corrected chi connectivity index (χ0v) is 12.4. The van der Waals surface area contributed by atoms with Gasteiger partial charge in [-0.25, -0.2) is 0 Å². The summed E-state index contributed by atoms with van der Waals surface area (Å²) in [7, 11) is 0. The van der Waals surface area contributed by atoms with Crippen LogP contribution in [0, 0.1) is 5.92 Å². The van der Waals surface area contributed by atoms with Gasteiger partial charge in [0.05, 0.1) is 5.75 Å². The van der Waals surface area contributed by atoms with Crippen molar-refractivity contribution in [1.29, 1.82) is 0 Å². The molecular formula is C15H22N2OS. The second-order valence-electron chi connectivity index (χ2n) is 5.33. The topological polar surface area (TPSA) is 41.1 Å². The van der Waals surface area contributed by atoms with E-state index in [0.717, 1.165) is 30.4 Å². The molecule has 1 aromatic rings. The molecule has 1 aliphatic heterocycles. The maximum Gasteiger partial charge on any atom is 0.234 e. The molecule has 1 aliphatic rings. The van der Waals surface area contributed by atoms with Gasteiger partial charge in [0.2, 0.25) is 5.91 Å². The number of carbonyl (C=O) groups excluding carboxylic acids is 1. The normalized spacial score (nSPS) is 15.3. The molecule has 0 saturated carbocycles. The fourth-order valence-electron chi connectivity index (χ4n) is 2.09. The van der Waals surface area contributed by atoms with Crippen LogP contribution in [0.2, 0.25) is 0 Å². The molecule has 2 rings (SSSR count). The lowest BCUT2D eigenvalue weighted by molar-refractivity contribution is -0.113. The number of rotatable bonds is 6. The van der Waals surface area contributed by atoms with E-state index >= 15 is 0 Å². The Labute approximate surface area is 119 Å². The maximum absolute atomic E-state index is 11.9. The van der Waals surface area contributed by atoms with Crippen LogP contribution in [0.15, 0.2) is 24.3 Å². The van der Waals surface area contributed by atoms with E-state index in [2.05, 4.69) is 30.5 Å². The van der Waals surface area contributed by atoms with Gasteiger partial charge in [0.15, 0.2) is 0 Å². The van der Waals surface area contributed by atoms with E-state index in [0.29, 0.717) is 11.7 Å². The molecule has 0 unspecified atom stereocenters. The van der Waals surface area contributed by atoms with Gasteiger partial charge in [-0.15, -0.1) is 0 Å². The molecule has 104 valence electrons. The molecular weight excluding hydrogens is 256 g/mol. The fraction of sp³-hybridized carbons (Fsp3) is 0.533. The second-order valence-corrected chi connectivity index (χ2v) is 6.36. The number of para-hydroxylation sites is 1. The van der Waals surface area contributed by atoms with Gasteiger partial charge in [-0.3, -0.25) is 4.79 Å². The quantitative estimate of drug-likeness (QED) is 0.840. The minimum atomic E-state index is 0.102. The summed E-state index contributed by atoms with van der Waals surface area (Å²) in [5.74, 6) is 2.89.